The molecule has 1 aliphatic rings. The van der Waals surface area contributed by atoms with Crippen LogP contribution >= 0.6 is 0 Å². The summed E-state index contributed by atoms with van der Waals surface area (Å²) in [6, 6.07) is 0. The zero-order chi connectivity index (χ0) is 14.8. The Bertz CT molecular complexity index is 335. The Labute approximate surface area is 122 Å². The van der Waals surface area contributed by atoms with Crippen LogP contribution in [-0.2, 0) is 9.53 Å². The monoisotopic (exact) mass is 281 g/mol. The van der Waals surface area contributed by atoms with Crippen LogP contribution in [0.3, 0.4) is 0 Å². The van der Waals surface area contributed by atoms with Crippen molar-refractivity contribution in [1.29, 1.82) is 0 Å². The lowest BCUT2D eigenvalue weighted by Crippen LogP contribution is -2.32. The lowest BCUT2D eigenvalue weighted by Gasteiger charge is -2.24. The molecule has 114 valence electrons. The van der Waals surface area contributed by atoms with E-state index in [0.29, 0.717) is 6.54 Å². The van der Waals surface area contributed by atoms with E-state index < -0.39 is 12.1 Å². The van der Waals surface area contributed by atoms with Gasteiger partial charge in [0.2, 0.25) is 0 Å². The van der Waals surface area contributed by atoms with E-state index in [1.807, 2.05) is 0 Å². The van der Waals surface area contributed by atoms with Gasteiger partial charge in [-0.2, -0.15) is 0 Å². The highest BCUT2D eigenvalue weighted by atomic mass is 16.5. The Kier molecular flexibility index (Phi) is 8.32. The van der Waals surface area contributed by atoms with Crippen molar-refractivity contribution in [3.63, 3.8) is 0 Å². The number of ether oxygens (including phenoxy) is 1. The number of aliphatic hydroxyl groups is 1. The van der Waals surface area contributed by atoms with E-state index in [1.165, 1.54) is 6.42 Å². The Morgan fingerprint density at radius 1 is 1.25 bits per heavy atom. The van der Waals surface area contributed by atoms with Crippen molar-refractivity contribution in [3.8, 4) is 11.8 Å². The lowest BCUT2D eigenvalue weighted by atomic mass is 9.85. The summed E-state index contributed by atoms with van der Waals surface area (Å²) in [4.78, 5) is 13.9. The van der Waals surface area contributed by atoms with Crippen molar-refractivity contribution in [2.24, 2.45) is 5.92 Å². The number of nitrogens with zero attached hydrogens (tertiary/aromatic N) is 1. The van der Waals surface area contributed by atoms with Crippen molar-refractivity contribution in [3.05, 3.63) is 0 Å². The minimum atomic E-state index is -0.972. The van der Waals surface area contributed by atoms with Crippen molar-refractivity contribution in [2.45, 2.75) is 52.1 Å². The maximum Gasteiger partial charge on any atom is 0.336 e. The average Bonchev–Trinajstić information content (AvgIpc) is 2.50. The number of hydrogen-bond donors (Lipinski definition) is 1. The third-order valence-electron chi connectivity index (χ3n) is 3.95. The van der Waals surface area contributed by atoms with E-state index >= 15 is 0 Å². The zero-order valence-electron chi connectivity index (χ0n) is 12.7. The molecule has 0 bridgehead atoms. The van der Waals surface area contributed by atoms with Crippen molar-refractivity contribution < 1.29 is 14.6 Å². The van der Waals surface area contributed by atoms with Gasteiger partial charge in [-0.15, -0.1) is 0 Å². The van der Waals surface area contributed by atoms with Crippen molar-refractivity contribution >= 4 is 5.97 Å². The minimum absolute atomic E-state index is 0.0693. The molecule has 0 radical (unpaired) electrons. The number of carbonyl (C=O) groups is 1. The summed E-state index contributed by atoms with van der Waals surface area (Å²) in [7, 11) is 0. The van der Waals surface area contributed by atoms with Crippen LogP contribution in [0.4, 0.5) is 0 Å². The number of carbonyl (C=O) groups excluding carboxylic acids is 1. The fourth-order valence-electron chi connectivity index (χ4n) is 2.50. The molecular weight excluding hydrogens is 254 g/mol. The van der Waals surface area contributed by atoms with E-state index in [4.69, 9.17) is 4.74 Å². The zero-order valence-corrected chi connectivity index (χ0v) is 12.7. The Hall–Kier alpha value is -1.05. The van der Waals surface area contributed by atoms with E-state index in [9.17, 15) is 9.90 Å². The predicted molar refractivity (Wildman–Crippen MR) is 79.1 cm³/mol. The van der Waals surface area contributed by atoms with Crippen LogP contribution in [0.25, 0.3) is 0 Å². The molecule has 1 fully saturated rings. The van der Waals surface area contributed by atoms with Gasteiger partial charge in [0.05, 0.1) is 6.54 Å². The Balaban J connectivity index is 2.23. The standard InChI is InChI=1S/C16H27NO3/c1-3-17(4-2)12-8-9-13-20-16(19)15(18)14-10-6-5-7-11-14/h14-15,18H,3-7,10-13H2,1-2H3. The second kappa shape index (κ2) is 9.79. The molecule has 0 aliphatic heterocycles. The molecule has 0 saturated heterocycles. The molecule has 1 aliphatic carbocycles. The third-order valence-corrected chi connectivity index (χ3v) is 3.95. The highest BCUT2D eigenvalue weighted by molar-refractivity contribution is 5.74. The first kappa shape index (κ1) is 17.0. The molecule has 0 aromatic heterocycles. The van der Waals surface area contributed by atoms with Crippen LogP contribution in [0.15, 0.2) is 0 Å². The summed E-state index contributed by atoms with van der Waals surface area (Å²) in [5, 5.41) is 9.93. The first-order chi connectivity index (χ1) is 9.69. The molecule has 0 aromatic carbocycles. The summed E-state index contributed by atoms with van der Waals surface area (Å²) in [6.45, 7) is 6.87. The molecule has 1 N–H and O–H groups in total. The van der Waals surface area contributed by atoms with Gasteiger partial charge in [-0.25, -0.2) is 4.79 Å². The maximum absolute atomic E-state index is 11.7. The normalized spacial score (nSPS) is 17.4. The average molecular weight is 281 g/mol. The maximum atomic E-state index is 11.7. The minimum Gasteiger partial charge on any atom is -0.451 e. The van der Waals surface area contributed by atoms with Crippen molar-refractivity contribution in [1.82, 2.24) is 4.90 Å². The third kappa shape index (κ3) is 5.94. The van der Waals surface area contributed by atoms with Crippen LogP contribution in [0.1, 0.15) is 46.0 Å². The molecular formula is C16H27NO3. The number of rotatable bonds is 6. The van der Waals surface area contributed by atoms with Crippen LogP contribution in [0.2, 0.25) is 0 Å². The molecule has 0 amide bonds. The predicted octanol–water partition coefficient (Wildman–Crippen LogP) is 1.82. The van der Waals surface area contributed by atoms with Crippen LogP contribution in [0, 0.1) is 17.8 Å². The molecule has 20 heavy (non-hydrogen) atoms. The molecule has 1 saturated carbocycles. The molecule has 4 heteroatoms. The largest absolute Gasteiger partial charge is 0.451 e. The van der Waals surface area contributed by atoms with Gasteiger partial charge in [-0.3, -0.25) is 4.90 Å². The fourth-order valence-corrected chi connectivity index (χ4v) is 2.50. The van der Waals surface area contributed by atoms with Gasteiger partial charge in [-0.1, -0.05) is 45.0 Å². The summed E-state index contributed by atoms with van der Waals surface area (Å²) in [6.07, 6.45) is 4.26. The molecule has 0 heterocycles. The van der Waals surface area contributed by atoms with Gasteiger partial charge in [0.25, 0.3) is 0 Å². The quantitative estimate of drug-likeness (QED) is 0.596. The number of hydrogen-bond acceptors (Lipinski definition) is 4. The first-order valence-electron chi connectivity index (χ1n) is 7.71. The highest BCUT2D eigenvalue weighted by Crippen LogP contribution is 2.26. The Morgan fingerprint density at radius 3 is 2.50 bits per heavy atom. The molecule has 1 rings (SSSR count). The highest BCUT2D eigenvalue weighted by Gasteiger charge is 2.28. The summed E-state index contributed by atoms with van der Waals surface area (Å²) in [5.41, 5.74) is 0. The van der Waals surface area contributed by atoms with Crippen LogP contribution < -0.4 is 0 Å². The molecule has 0 spiro atoms. The summed E-state index contributed by atoms with van der Waals surface area (Å²) >= 11 is 0. The summed E-state index contributed by atoms with van der Waals surface area (Å²) < 4.78 is 5.03. The lowest BCUT2D eigenvalue weighted by molar-refractivity contribution is -0.155. The SMILES string of the molecule is CCN(CC)CC#CCOC(=O)C(O)C1CCCCC1. The van der Waals surface area contributed by atoms with Gasteiger partial charge < -0.3 is 9.84 Å². The second-order valence-electron chi connectivity index (χ2n) is 5.27. The van der Waals surface area contributed by atoms with E-state index in [-0.39, 0.29) is 12.5 Å². The van der Waals surface area contributed by atoms with Gasteiger partial charge in [0.1, 0.15) is 0 Å². The van der Waals surface area contributed by atoms with Gasteiger partial charge in [0.15, 0.2) is 12.7 Å². The first-order valence-corrected chi connectivity index (χ1v) is 7.71. The topological polar surface area (TPSA) is 49.8 Å². The molecule has 4 nitrogen and oxygen atoms in total. The van der Waals surface area contributed by atoms with Gasteiger partial charge in [0, 0.05) is 0 Å². The summed E-state index contributed by atoms with van der Waals surface area (Å²) in [5.74, 6) is 5.36. The van der Waals surface area contributed by atoms with E-state index in [2.05, 4.69) is 30.6 Å². The van der Waals surface area contributed by atoms with E-state index in [0.717, 1.165) is 38.8 Å². The number of aliphatic hydroxyl groups excluding tert-OH is 1. The van der Waals surface area contributed by atoms with Crippen molar-refractivity contribution in [2.75, 3.05) is 26.2 Å². The van der Waals surface area contributed by atoms with Crippen LogP contribution in [-0.4, -0.2) is 48.3 Å². The second-order valence-corrected chi connectivity index (χ2v) is 5.27. The van der Waals surface area contributed by atoms with Crippen LogP contribution in [0.5, 0.6) is 0 Å². The molecule has 0 aromatic rings. The molecule has 1 atom stereocenters. The number of esters is 1. The smallest absolute Gasteiger partial charge is 0.336 e. The van der Waals surface area contributed by atoms with Gasteiger partial charge in [-0.05, 0) is 31.8 Å². The fraction of sp³-hybridized carbons (Fsp3) is 0.812. The van der Waals surface area contributed by atoms with E-state index in [1.54, 1.807) is 0 Å². The molecule has 1 unspecified atom stereocenters. The van der Waals surface area contributed by atoms with Gasteiger partial charge >= 0.3 is 5.97 Å². The Morgan fingerprint density at radius 2 is 1.90 bits per heavy atom.